The fourth-order valence-corrected chi connectivity index (χ4v) is 2.99. The fourth-order valence-electron chi connectivity index (χ4n) is 2.53. The molecule has 2 N–H and O–H groups in total. The highest BCUT2D eigenvalue weighted by molar-refractivity contribution is 9.10. The van der Waals surface area contributed by atoms with Gasteiger partial charge in [-0.2, -0.15) is 0 Å². The van der Waals surface area contributed by atoms with Gasteiger partial charge in [0.25, 0.3) is 0 Å². The fraction of sp³-hybridized carbons (Fsp3) is 0.263. The minimum atomic E-state index is -0.401. The van der Waals surface area contributed by atoms with E-state index >= 15 is 0 Å². The molecule has 2 amide bonds. The van der Waals surface area contributed by atoms with Gasteiger partial charge in [0.05, 0.1) is 19.6 Å². The molecule has 138 valence electrons. The van der Waals surface area contributed by atoms with Crippen molar-refractivity contribution in [2.24, 2.45) is 0 Å². The van der Waals surface area contributed by atoms with Crippen molar-refractivity contribution in [3.63, 3.8) is 0 Å². The molecule has 0 aromatic heterocycles. The molecule has 0 aliphatic carbocycles. The van der Waals surface area contributed by atoms with Gasteiger partial charge in [-0.3, -0.25) is 9.59 Å². The molecule has 1 unspecified atom stereocenters. The van der Waals surface area contributed by atoms with Crippen LogP contribution in [0.15, 0.2) is 46.9 Å². The number of carbonyl (C=O) groups excluding carboxylic acids is 2. The van der Waals surface area contributed by atoms with Crippen molar-refractivity contribution >= 4 is 39.3 Å². The predicted molar refractivity (Wildman–Crippen MR) is 105 cm³/mol. The topological polar surface area (TPSA) is 67.4 Å². The monoisotopic (exact) mass is 438 g/mol. The molecule has 0 bridgehead atoms. The second-order valence-corrected chi connectivity index (χ2v) is 7.09. The van der Waals surface area contributed by atoms with Gasteiger partial charge in [-0.05, 0) is 35.9 Å². The number of rotatable bonds is 7. The third-order valence-electron chi connectivity index (χ3n) is 3.76. The number of amides is 2. The van der Waals surface area contributed by atoms with E-state index in [4.69, 9.17) is 16.3 Å². The highest BCUT2D eigenvalue weighted by Crippen LogP contribution is 2.23. The maximum atomic E-state index is 12.4. The van der Waals surface area contributed by atoms with Gasteiger partial charge in [0.2, 0.25) is 11.8 Å². The molecule has 1 atom stereocenters. The Morgan fingerprint density at radius 1 is 1.19 bits per heavy atom. The molecule has 5 nitrogen and oxygen atoms in total. The second-order valence-electron chi connectivity index (χ2n) is 5.74. The average molecular weight is 440 g/mol. The lowest BCUT2D eigenvalue weighted by atomic mass is 10.0. The first-order chi connectivity index (χ1) is 12.4. The zero-order chi connectivity index (χ0) is 19.1. The summed E-state index contributed by atoms with van der Waals surface area (Å²) in [6.07, 6.45) is 0.129. The summed E-state index contributed by atoms with van der Waals surface area (Å²) in [5.41, 5.74) is 1.65. The maximum absolute atomic E-state index is 12.4. The lowest BCUT2D eigenvalue weighted by Gasteiger charge is -2.18. The largest absolute Gasteiger partial charge is 0.496 e. The molecule has 2 rings (SSSR count). The van der Waals surface area contributed by atoms with Crippen LogP contribution < -0.4 is 15.4 Å². The van der Waals surface area contributed by atoms with Crippen LogP contribution in [0.4, 0.5) is 0 Å². The summed E-state index contributed by atoms with van der Waals surface area (Å²) >= 11 is 9.38. The van der Waals surface area contributed by atoms with Crippen molar-refractivity contribution < 1.29 is 14.3 Å². The molecule has 0 aliphatic rings. The first-order valence-electron chi connectivity index (χ1n) is 8.00. The quantitative estimate of drug-likeness (QED) is 0.685. The second kappa shape index (κ2) is 9.59. The molecular formula is C19H20BrClN2O3. The normalized spacial score (nSPS) is 11.5. The molecule has 2 aromatic rings. The Morgan fingerprint density at radius 3 is 2.50 bits per heavy atom. The Kier molecular flexibility index (Phi) is 7.48. The van der Waals surface area contributed by atoms with Gasteiger partial charge in [-0.15, -0.1) is 0 Å². The molecule has 0 heterocycles. The standard InChI is InChI=1S/C19H20BrClN2O3/c1-12(24)23-17(13-3-5-15(20)6-4-13)10-19(25)22-11-14-9-16(21)7-8-18(14)26-2/h3-9,17H,10-11H2,1-2H3,(H,22,25)(H,23,24). The predicted octanol–water partition coefficient (Wildman–Crippen LogP) is 3.99. The molecule has 2 aromatic carbocycles. The Balaban J connectivity index is 2.04. The van der Waals surface area contributed by atoms with Gasteiger partial charge < -0.3 is 15.4 Å². The number of ether oxygens (including phenoxy) is 1. The first-order valence-corrected chi connectivity index (χ1v) is 9.18. The molecule has 26 heavy (non-hydrogen) atoms. The average Bonchev–Trinajstić information content (AvgIpc) is 2.60. The van der Waals surface area contributed by atoms with E-state index < -0.39 is 6.04 Å². The van der Waals surface area contributed by atoms with Crippen LogP contribution >= 0.6 is 27.5 Å². The van der Waals surface area contributed by atoms with Crippen molar-refractivity contribution in [3.05, 3.63) is 63.1 Å². The van der Waals surface area contributed by atoms with Crippen LogP contribution in [0.1, 0.15) is 30.5 Å². The number of methoxy groups -OCH3 is 1. The van der Waals surface area contributed by atoms with E-state index in [2.05, 4.69) is 26.6 Å². The third kappa shape index (κ3) is 6.04. The van der Waals surface area contributed by atoms with E-state index in [0.29, 0.717) is 10.8 Å². The van der Waals surface area contributed by atoms with E-state index in [-0.39, 0.29) is 24.8 Å². The summed E-state index contributed by atoms with van der Waals surface area (Å²) in [7, 11) is 1.56. The van der Waals surface area contributed by atoms with E-state index in [0.717, 1.165) is 15.6 Å². The van der Waals surface area contributed by atoms with Crippen LogP contribution in [0.5, 0.6) is 5.75 Å². The van der Waals surface area contributed by atoms with Gasteiger partial charge >= 0.3 is 0 Å². The highest BCUT2D eigenvalue weighted by Gasteiger charge is 2.17. The van der Waals surface area contributed by atoms with Crippen LogP contribution in [-0.2, 0) is 16.1 Å². The SMILES string of the molecule is COc1ccc(Cl)cc1CNC(=O)CC(NC(C)=O)c1ccc(Br)cc1. The maximum Gasteiger partial charge on any atom is 0.222 e. The van der Waals surface area contributed by atoms with Gasteiger partial charge in [0, 0.05) is 28.5 Å². The van der Waals surface area contributed by atoms with Crippen LogP contribution in [0.3, 0.4) is 0 Å². The molecule has 0 spiro atoms. The van der Waals surface area contributed by atoms with E-state index in [1.807, 2.05) is 24.3 Å². The Morgan fingerprint density at radius 2 is 1.88 bits per heavy atom. The third-order valence-corrected chi connectivity index (χ3v) is 4.52. The van der Waals surface area contributed by atoms with Crippen molar-refractivity contribution in [3.8, 4) is 5.75 Å². The van der Waals surface area contributed by atoms with Crippen LogP contribution in [-0.4, -0.2) is 18.9 Å². The summed E-state index contributed by atoms with van der Waals surface area (Å²) in [6.45, 7) is 1.72. The molecule has 0 radical (unpaired) electrons. The van der Waals surface area contributed by atoms with E-state index in [1.54, 1.807) is 25.3 Å². The zero-order valence-electron chi connectivity index (χ0n) is 14.5. The summed E-state index contributed by atoms with van der Waals surface area (Å²) in [6, 6.07) is 12.3. The number of hydrogen-bond donors (Lipinski definition) is 2. The smallest absolute Gasteiger partial charge is 0.222 e. The van der Waals surface area contributed by atoms with Gasteiger partial charge in [0.15, 0.2) is 0 Å². The highest BCUT2D eigenvalue weighted by atomic mass is 79.9. The number of nitrogens with one attached hydrogen (secondary N) is 2. The van der Waals surface area contributed by atoms with E-state index in [1.165, 1.54) is 6.92 Å². The lowest BCUT2D eigenvalue weighted by Crippen LogP contribution is -2.32. The van der Waals surface area contributed by atoms with E-state index in [9.17, 15) is 9.59 Å². The van der Waals surface area contributed by atoms with Crippen LogP contribution in [0, 0.1) is 0 Å². The number of carbonyl (C=O) groups is 2. The van der Waals surface area contributed by atoms with Crippen molar-refractivity contribution in [2.45, 2.75) is 25.9 Å². The number of benzene rings is 2. The summed E-state index contributed by atoms with van der Waals surface area (Å²) in [5.74, 6) is 0.275. The number of halogens is 2. The first kappa shape index (κ1) is 20.3. The Bertz CT molecular complexity index is 781. The summed E-state index contributed by atoms with van der Waals surface area (Å²) < 4.78 is 6.21. The minimum absolute atomic E-state index is 0.129. The van der Waals surface area contributed by atoms with Crippen molar-refractivity contribution in [2.75, 3.05) is 7.11 Å². The Labute approximate surface area is 166 Å². The summed E-state index contributed by atoms with van der Waals surface area (Å²) in [4.78, 5) is 23.9. The molecule has 0 aliphatic heterocycles. The summed E-state index contributed by atoms with van der Waals surface area (Å²) in [5, 5.41) is 6.23. The number of hydrogen-bond acceptors (Lipinski definition) is 3. The van der Waals surface area contributed by atoms with Gasteiger partial charge in [0.1, 0.15) is 5.75 Å². The van der Waals surface area contributed by atoms with Crippen molar-refractivity contribution in [1.29, 1.82) is 0 Å². The van der Waals surface area contributed by atoms with Crippen LogP contribution in [0.25, 0.3) is 0 Å². The van der Waals surface area contributed by atoms with Crippen molar-refractivity contribution in [1.82, 2.24) is 10.6 Å². The van der Waals surface area contributed by atoms with Crippen LogP contribution in [0.2, 0.25) is 5.02 Å². The zero-order valence-corrected chi connectivity index (χ0v) is 16.9. The molecule has 0 saturated heterocycles. The molecule has 7 heteroatoms. The Hall–Kier alpha value is -2.05. The lowest BCUT2D eigenvalue weighted by molar-refractivity contribution is -0.122. The molecule has 0 saturated carbocycles. The molecule has 0 fully saturated rings. The minimum Gasteiger partial charge on any atom is -0.496 e. The van der Waals surface area contributed by atoms with Gasteiger partial charge in [-0.1, -0.05) is 39.7 Å². The molecular weight excluding hydrogens is 420 g/mol. The van der Waals surface area contributed by atoms with Gasteiger partial charge in [-0.25, -0.2) is 0 Å².